The van der Waals surface area contributed by atoms with E-state index in [4.69, 9.17) is 0 Å². The number of rotatable bonds is 4. The number of hydrogen-bond acceptors (Lipinski definition) is 4. The molecule has 0 fully saturated rings. The zero-order chi connectivity index (χ0) is 49.9. The highest BCUT2D eigenvalue weighted by Gasteiger charge is 2.35. The molecule has 17 rings (SSSR count). The van der Waals surface area contributed by atoms with E-state index >= 15 is 0 Å². The largest absolute Gasteiger partial charge is 0.306 e. The SMILES string of the molecule is N#Cc1c(-n2c3ccccc3c3cc4c(cc32)sc2ccccc24)c(C#N)c(-n2c3ccccc3c3ccccc32)c(-n2c3ccccc3c3cc4c(cc32)sc2ccccc24)c1-n1c2ccccc2c2ccccc21. The van der Waals surface area contributed by atoms with E-state index in [1.54, 1.807) is 22.7 Å². The Balaban J connectivity index is 1.18. The Labute approximate surface area is 440 Å². The molecule has 0 saturated heterocycles. The van der Waals surface area contributed by atoms with Gasteiger partial charge in [-0.2, -0.15) is 10.5 Å². The molecular formula is C68H36N6S2. The molecule has 0 amide bonds. The van der Waals surface area contributed by atoms with Crippen molar-refractivity contribution in [2.24, 2.45) is 0 Å². The second-order valence-electron chi connectivity index (χ2n) is 19.7. The van der Waals surface area contributed by atoms with E-state index in [0.29, 0.717) is 28.2 Å². The summed E-state index contributed by atoms with van der Waals surface area (Å²) in [5, 5.41) is 38.6. The third kappa shape index (κ3) is 5.35. The minimum absolute atomic E-state index is 0.385. The first-order valence-corrected chi connectivity index (χ1v) is 27.0. The Bertz CT molecular complexity index is 5260. The molecule has 0 unspecified atom stereocenters. The molecule has 0 N–H and O–H groups in total. The molecule has 0 aliphatic rings. The highest BCUT2D eigenvalue weighted by Crippen LogP contribution is 2.50. The summed E-state index contributed by atoms with van der Waals surface area (Å²) in [5.41, 5.74) is 11.0. The van der Waals surface area contributed by atoms with Gasteiger partial charge in [-0.1, -0.05) is 146 Å². The van der Waals surface area contributed by atoms with Crippen LogP contribution in [0.15, 0.2) is 218 Å². The lowest BCUT2D eigenvalue weighted by atomic mass is 9.98. The minimum atomic E-state index is 0.385. The van der Waals surface area contributed by atoms with E-state index in [9.17, 15) is 10.5 Å². The molecule has 11 aromatic carbocycles. The van der Waals surface area contributed by atoms with Crippen molar-refractivity contribution in [1.29, 1.82) is 10.5 Å². The summed E-state index contributed by atoms with van der Waals surface area (Å²) in [6.07, 6.45) is 0. The fourth-order valence-corrected chi connectivity index (χ4v) is 15.2. The smallest absolute Gasteiger partial charge is 0.104 e. The van der Waals surface area contributed by atoms with Gasteiger partial charge in [0.05, 0.1) is 66.9 Å². The number of fused-ring (bicyclic) bond motifs is 18. The molecule has 0 saturated carbocycles. The second-order valence-corrected chi connectivity index (χ2v) is 21.9. The summed E-state index contributed by atoms with van der Waals surface area (Å²) < 4.78 is 14.0. The van der Waals surface area contributed by atoms with Crippen LogP contribution in [0.2, 0.25) is 0 Å². The van der Waals surface area contributed by atoms with E-state index in [2.05, 4.69) is 249 Å². The molecule has 0 aliphatic carbocycles. The predicted octanol–water partition coefficient (Wildman–Crippen LogP) is 18.6. The minimum Gasteiger partial charge on any atom is -0.306 e. The van der Waals surface area contributed by atoms with Gasteiger partial charge >= 0.3 is 0 Å². The van der Waals surface area contributed by atoms with Gasteiger partial charge in [-0.3, -0.25) is 0 Å². The van der Waals surface area contributed by atoms with Gasteiger partial charge in [0.1, 0.15) is 23.3 Å². The third-order valence-corrected chi connectivity index (χ3v) is 18.3. The van der Waals surface area contributed by atoms with E-state index in [-0.39, 0.29) is 0 Å². The Kier molecular flexibility index (Phi) is 8.36. The summed E-state index contributed by atoms with van der Waals surface area (Å²) in [4.78, 5) is 0. The zero-order valence-electron chi connectivity index (χ0n) is 40.3. The van der Waals surface area contributed by atoms with Crippen molar-refractivity contribution in [3.8, 4) is 34.9 Å². The Hall–Kier alpha value is -9.96. The van der Waals surface area contributed by atoms with E-state index < -0.39 is 0 Å². The number of benzene rings is 11. The van der Waals surface area contributed by atoms with Crippen LogP contribution in [0.5, 0.6) is 0 Å². The van der Waals surface area contributed by atoms with Gasteiger partial charge in [0.25, 0.3) is 0 Å². The maximum atomic E-state index is 12.6. The van der Waals surface area contributed by atoms with Crippen LogP contribution in [-0.4, -0.2) is 18.3 Å². The molecule has 350 valence electrons. The number of para-hydroxylation sites is 6. The highest BCUT2D eigenvalue weighted by atomic mass is 32.1. The Morgan fingerprint density at radius 3 is 0.855 bits per heavy atom. The normalized spacial score (nSPS) is 12.2. The molecule has 0 atom stereocenters. The highest BCUT2D eigenvalue weighted by molar-refractivity contribution is 7.26. The van der Waals surface area contributed by atoms with Gasteiger partial charge in [0.15, 0.2) is 0 Å². The lowest BCUT2D eigenvalue weighted by molar-refractivity contribution is 1.02. The molecule has 0 bridgehead atoms. The Morgan fingerprint density at radius 1 is 0.237 bits per heavy atom. The van der Waals surface area contributed by atoms with Gasteiger partial charge in [-0.25, -0.2) is 0 Å². The summed E-state index contributed by atoms with van der Waals surface area (Å²) in [5.74, 6) is 0. The van der Waals surface area contributed by atoms with Crippen molar-refractivity contribution >= 4 is 150 Å². The number of thiophene rings is 2. The predicted molar refractivity (Wildman–Crippen MR) is 319 cm³/mol. The number of nitrogens with zero attached hydrogens (tertiary/aromatic N) is 6. The molecule has 76 heavy (non-hydrogen) atoms. The third-order valence-electron chi connectivity index (χ3n) is 16.0. The number of nitriles is 2. The molecule has 0 radical (unpaired) electrons. The van der Waals surface area contributed by atoms with Crippen molar-refractivity contribution in [3.63, 3.8) is 0 Å². The maximum Gasteiger partial charge on any atom is 0.104 e. The fourth-order valence-electron chi connectivity index (χ4n) is 13.0. The fraction of sp³-hybridized carbons (Fsp3) is 0. The monoisotopic (exact) mass is 1000 g/mol. The van der Waals surface area contributed by atoms with Crippen molar-refractivity contribution in [2.75, 3.05) is 0 Å². The van der Waals surface area contributed by atoms with Crippen LogP contribution in [0.3, 0.4) is 0 Å². The molecule has 6 nitrogen and oxygen atoms in total. The van der Waals surface area contributed by atoms with Crippen LogP contribution in [-0.2, 0) is 0 Å². The van der Waals surface area contributed by atoms with E-state index in [1.165, 1.54) is 30.9 Å². The standard InChI is InChI=1S/C68H36N6S2/c69-37-51-65(73-57-29-13-5-21-43(57)47-33-49-45-23-7-15-31-61(45)75-63(49)35-59(47)73)52(38-70)67(72-55-27-11-3-19-41(55)42-20-4-12-28-56(42)72)68(66(51)71-53-25-9-1-17-39(53)40-18-2-10-26-54(40)71)74-58-30-14-6-22-44(58)48-34-50-46-24-8-16-32-62(46)76-64(50)36-60(48)74/h1-36H. The van der Waals surface area contributed by atoms with Gasteiger partial charge < -0.3 is 18.3 Å². The van der Waals surface area contributed by atoms with Gasteiger partial charge in [-0.15, -0.1) is 22.7 Å². The average molecular weight is 1000 g/mol. The first-order chi connectivity index (χ1) is 37.7. The molecule has 8 heteroatoms. The van der Waals surface area contributed by atoms with Crippen molar-refractivity contribution in [3.05, 3.63) is 230 Å². The van der Waals surface area contributed by atoms with Crippen LogP contribution in [0.25, 0.3) is 150 Å². The topological polar surface area (TPSA) is 67.3 Å². The first-order valence-electron chi connectivity index (χ1n) is 25.4. The van der Waals surface area contributed by atoms with E-state index in [1.807, 2.05) is 0 Å². The first kappa shape index (κ1) is 41.5. The summed E-state index contributed by atoms with van der Waals surface area (Å²) >= 11 is 3.56. The Morgan fingerprint density at radius 2 is 0.513 bits per heavy atom. The number of hydrogen-bond donors (Lipinski definition) is 0. The molecule has 6 heterocycles. The van der Waals surface area contributed by atoms with Crippen molar-refractivity contribution in [1.82, 2.24) is 18.3 Å². The van der Waals surface area contributed by atoms with Gasteiger partial charge in [-0.05, 0) is 72.8 Å². The molecule has 17 aromatic rings. The summed E-state index contributed by atoms with van der Waals surface area (Å²) in [6, 6.07) is 83.6. The number of aromatic nitrogens is 4. The molecule has 0 spiro atoms. The average Bonchev–Trinajstić information content (AvgIpc) is 4.45. The van der Waals surface area contributed by atoms with Gasteiger partial charge in [0.2, 0.25) is 0 Å². The lowest BCUT2D eigenvalue weighted by Crippen LogP contribution is -2.16. The van der Waals surface area contributed by atoms with Crippen LogP contribution >= 0.6 is 22.7 Å². The zero-order valence-corrected chi connectivity index (χ0v) is 41.9. The molecular weight excluding hydrogens is 965 g/mol. The van der Waals surface area contributed by atoms with Crippen LogP contribution in [0.1, 0.15) is 11.1 Å². The summed E-state index contributed by atoms with van der Waals surface area (Å²) in [7, 11) is 0. The quantitative estimate of drug-likeness (QED) is 0.176. The molecule has 6 aromatic heterocycles. The van der Waals surface area contributed by atoms with Crippen LogP contribution in [0, 0.1) is 22.7 Å². The second kappa shape index (κ2) is 15.3. The van der Waals surface area contributed by atoms with E-state index in [0.717, 1.165) is 102 Å². The van der Waals surface area contributed by atoms with Crippen LogP contribution in [0.4, 0.5) is 0 Å². The van der Waals surface area contributed by atoms with Crippen molar-refractivity contribution < 1.29 is 0 Å². The van der Waals surface area contributed by atoms with Gasteiger partial charge in [0, 0.05) is 83.4 Å². The van der Waals surface area contributed by atoms with Crippen LogP contribution < -0.4 is 0 Å². The van der Waals surface area contributed by atoms with Crippen molar-refractivity contribution in [2.45, 2.75) is 0 Å². The molecule has 0 aliphatic heterocycles. The maximum absolute atomic E-state index is 12.6. The summed E-state index contributed by atoms with van der Waals surface area (Å²) in [6.45, 7) is 0. The lowest BCUT2D eigenvalue weighted by Gasteiger charge is -2.27.